The van der Waals surface area contributed by atoms with E-state index in [1.54, 1.807) is 0 Å². The molecule has 0 atom stereocenters. The molecule has 0 radical (unpaired) electrons. The summed E-state index contributed by atoms with van der Waals surface area (Å²) in [4.78, 5) is 12.9. The molecule has 0 saturated carbocycles. The SMILES string of the molecule is CCn1cc(CN(C)CC(=O)OC)cn1. The molecule has 0 aromatic carbocycles. The van der Waals surface area contributed by atoms with Crippen LogP contribution in [0, 0.1) is 0 Å². The lowest BCUT2D eigenvalue weighted by Crippen LogP contribution is -2.26. The van der Waals surface area contributed by atoms with Gasteiger partial charge >= 0.3 is 5.97 Å². The monoisotopic (exact) mass is 211 g/mol. The van der Waals surface area contributed by atoms with Crippen LogP contribution in [0.3, 0.4) is 0 Å². The Balaban J connectivity index is 2.43. The third-order valence-electron chi connectivity index (χ3n) is 2.09. The number of nitrogens with zero attached hydrogens (tertiary/aromatic N) is 3. The van der Waals surface area contributed by atoms with E-state index in [4.69, 9.17) is 0 Å². The lowest BCUT2D eigenvalue weighted by molar-refractivity contribution is -0.141. The number of methoxy groups -OCH3 is 1. The Morgan fingerprint density at radius 3 is 2.93 bits per heavy atom. The van der Waals surface area contributed by atoms with Gasteiger partial charge in [0, 0.05) is 24.8 Å². The number of aryl methyl sites for hydroxylation is 1. The molecular weight excluding hydrogens is 194 g/mol. The number of aromatic nitrogens is 2. The highest BCUT2D eigenvalue weighted by Gasteiger charge is 2.07. The Bertz CT molecular complexity index is 322. The molecule has 84 valence electrons. The van der Waals surface area contributed by atoms with E-state index in [0.717, 1.165) is 12.1 Å². The molecule has 5 heteroatoms. The standard InChI is InChI=1S/C10H17N3O2/c1-4-13-7-9(5-11-13)6-12(2)8-10(14)15-3/h5,7H,4,6,8H2,1-3H3. The van der Waals surface area contributed by atoms with Crippen molar-refractivity contribution in [3.05, 3.63) is 18.0 Å². The van der Waals surface area contributed by atoms with Crippen LogP contribution >= 0.6 is 0 Å². The van der Waals surface area contributed by atoms with Crippen molar-refractivity contribution in [2.45, 2.75) is 20.0 Å². The first kappa shape index (κ1) is 11.7. The molecule has 0 N–H and O–H groups in total. The second kappa shape index (κ2) is 5.50. The normalized spacial score (nSPS) is 10.7. The van der Waals surface area contributed by atoms with E-state index in [-0.39, 0.29) is 5.97 Å². The van der Waals surface area contributed by atoms with Gasteiger partial charge in [0.1, 0.15) is 0 Å². The summed E-state index contributed by atoms with van der Waals surface area (Å²) in [5, 5.41) is 4.16. The minimum atomic E-state index is -0.222. The van der Waals surface area contributed by atoms with Crippen LogP contribution in [-0.2, 0) is 22.6 Å². The van der Waals surface area contributed by atoms with Crippen LogP contribution in [0.25, 0.3) is 0 Å². The van der Waals surface area contributed by atoms with Crippen LogP contribution < -0.4 is 0 Å². The Hall–Kier alpha value is -1.36. The summed E-state index contributed by atoms with van der Waals surface area (Å²) in [5.41, 5.74) is 1.10. The van der Waals surface area contributed by atoms with Gasteiger partial charge in [0.05, 0.1) is 19.9 Å². The summed E-state index contributed by atoms with van der Waals surface area (Å²) in [6.45, 7) is 3.90. The number of esters is 1. The minimum absolute atomic E-state index is 0.222. The van der Waals surface area contributed by atoms with Gasteiger partial charge in [-0.15, -0.1) is 0 Å². The molecule has 0 aliphatic rings. The molecule has 1 aromatic rings. The van der Waals surface area contributed by atoms with Gasteiger partial charge in [0.2, 0.25) is 0 Å². The Kier molecular flexibility index (Phi) is 4.30. The van der Waals surface area contributed by atoms with Crippen LogP contribution in [-0.4, -0.2) is 41.4 Å². The summed E-state index contributed by atoms with van der Waals surface area (Å²) in [7, 11) is 3.27. The molecule has 0 amide bonds. The maximum atomic E-state index is 11.0. The maximum Gasteiger partial charge on any atom is 0.319 e. The fraction of sp³-hybridized carbons (Fsp3) is 0.600. The van der Waals surface area contributed by atoms with Gasteiger partial charge in [0.15, 0.2) is 0 Å². The lowest BCUT2D eigenvalue weighted by atomic mass is 10.3. The Morgan fingerprint density at radius 1 is 1.67 bits per heavy atom. The third-order valence-corrected chi connectivity index (χ3v) is 2.09. The number of likely N-dealkylation sites (N-methyl/N-ethyl adjacent to an activating group) is 1. The first-order valence-corrected chi connectivity index (χ1v) is 4.92. The van der Waals surface area contributed by atoms with Gasteiger partial charge < -0.3 is 4.74 Å². The van der Waals surface area contributed by atoms with E-state index in [1.807, 2.05) is 35.9 Å². The van der Waals surface area contributed by atoms with Crippen molar-refractivity contribution in [2.75, 3.05) is 20.7 Å². The van der Waals surface area contributed by atoms with Crippen molar-refractivity contribution in [2.24, 2.45) is 0 Å². The first-order chi connectivity index (χ1) is 7.15. The highest BCUT2D eigenvalue weighted by atomic mass is 16.5. The van der Waals surface area contributed by atoms with E-state index < -0.39 is 0 Å². The van der Waals surface area contributed by atoms with Gasteiger partial charge in [-0.05, 0) is 14.0 Å². The van der Waals surface area contributed by atoms with Gasteiger partial charge in [-0.2, -0.15) is 5.10 Å². The van der Waals surface area contributed by atoms with Crippen molar-refractivity contribution >= 4 is 5.97 Å². The molecule has 1 heterocycles. The summed E-state index contributed by atoms with van der Waals surface area (Å²) in [6, 6.07) is 0. The molecule has 0 bridgehead atoms. The van der Waals surface area contributed by atoms with Gasteiger partial charge in [0.25, 0.3) is 0 Å². The van der Waals surface area contributed by atoms with E-state index in [9.17, 15) is 4.79 Å². The number of carbonyl (C=O) groups is 1. The molecule has 0 aliphatic heterocycles. The fourth-order valence-electron chi connectivity index (χ4n) is 1.31. The number of hydrogen-bond donors (Lipinski definition) is 0. The smallest absolute Gasteiger partial charge is 0.319 e. The number of ether oxygens (including phenoxy) is 1. The Labute approximate surface area is 89.6 Å². The predicted molar refractivity (Wildman–Crippen MR) is 56.3 cm³/mol. The van der Waals surface area contributed by atoms with E-state index in [0.29, 0.717) is 13.1 Å². The fourth-order valence-corrected chi connectivity index (χ4v) is 1.31. The largest absolute Gasteiger partial charge is 0.468 e. The molecule has 0 saturated heterocycles. The molecule has 0 spiro atoms. The Morgan fingerprint density at radius 2 is 2.40 bits per heavy atom. The predicted octanol–water partition coefficient (Wildman–Crippen LogP) is 0.508. The number of carbonyl (C=O) groups excluding carboxylic acids is 1. The van der Waals surface area contributed by atoms with Crippen LogP contribution in [0.1, 0.15) is 12.5 Å². The average molecular weight is 211 g/mol. The topological polar surface area (TPSA) is 47.4 Å². The van der Waals surface area contributed by atoms with Crippen molar-refractivity contribution < 1.29 is 9.53 Å². The highest BCUT2D eigenvalue weighted by Crippen LogP contribution is 2.01. The molecule has 0 aliphatic carbocycles. The van der Waals surface area contributed by atoms with Gasteiger partial charge in [-0.3, -0.25) is 14.4 Å². The summed E-state index contributed by atoms with van der Waals surface area (Å²) in [5.74, 6) is -0.222. The molecule has 15 heavy (non-hydrogen) atoms. The average Bonchev–Trinajstić information content (AvgIpc) is 2.65. The van der Waals surface area contributed by atoms with Gasteiger partial charge in [-0.25, -0.2) is 0 Å². The molecule has 5 nitrogen and oxygen atoms in total. The zero-order valence-corrected chi connectivity index (χ0v) is 9.43. The molecule has 0 unspecified atom stereocenters. The van der Waals surface area contributed by atoms with Crippen molar-refractivity contribution in [1.82, 2.24) is 14.7 Å². The maximum absolute atomic E-state index is 11.0. The van der Waals surface area contributed by atoms with Crippen LogP contribution in [0.4, 0.5) is 0 Å². The van der Waals surface area contributed by atoms with Crippen molar-refractivity contribution in [3.63, 3.8) is 0 Å². The van der Waals surface area contributed by atoms with Crippen molar-refractivity contribution in [3.8, 4) is 0 Å². The molecule has 1 aromatic heterocycles. The third kappa shape index (κ3) is 3.71. The molecular formula is C10H17N3O2. The minimum Gasteiger partial charge on any atom is -0.468 e. The zero-order chi connectivity index (χ0) is 11.3. The lowest BCUT2D eigenvalue weighted by Gasteiger charge is -2.13. The van der Waals surface area contributed by atoms with Crippen LogP contribution in [0.15, 0.2) is 12.4 Å². The van der Waals surface area contributed by atoms with E-state index in [2.05, 4.69) is 9.84 Å². The number of hydrogen-bond acceptors (Lipinski definition) is 4. The van der Waals surface area contributed by atoms with Gasteiger partial charge in [-0.1, -0.05) is 0 Å². The molecule has 0 fully saturated rings. The quantitative estimate of drug-likeness (QED) is 0.666. The van der Waals surface area contributed by atoms with E-state index >= 15 is 0 Å². The summed E-state index contributed by atoms with van der Waals surface area (Å²) < 4.78 is 6.45. The first-order valence-electron chi connectivity index (χ1n) is 4.92. The highest BCUT2D eigenvalue weighted by molar-refractivity contribution is 5.71. The van der Waals surface area contributed by atoms with E-state index in [1.165, 1.54) is 7.11 Å². The summed E-state index contributed by atoms with van der Waals surface area (Å²) in [6.07, 6.45) is 3.80. The number of rotatable bonds is 5. The van der Waals surface area contributed by atoms with Crippen molar-refractivity contribution in [1.29, 1.82) is 0 Å². The van der Waals surface area contributed by atoms with Crippen LogP contribution in [0.2, 0.25) is 0 Å². The zero-order valence-electron chi connectivity index (χ0n) is 9.43. The second-order valence-corrected chi connectivity index (χ2v) is 3.45. The molecule has 1 rings (SSSR count). The second-order valence-electron chi connectivity index (χ2n) is 3.45. The summed E-state index contributed by atoms with van der Waals surface area (Å²) >= 11 is 0. The van der Waals surface area contributed by atoms with Crippen LogP contribution in [0.5, 0.6) is 0 Å².